The predicted molar refractivity (Wildman–Crippen MR) is 80.6 cm³/mol. The van der Waals surface area contributed by atoms with Crippen LogP contribution in [0.2, 0.25) is 0 Å². The van der Waals surface area contributed by atoms with Gasteiger partial charge in [0.25, 0.3) is 0 Å². The molecule has 110 valence electrons. The van der Waals surface area contributed by atoms with Gasteiger partial charge in [0.2, 0.25) is 11.8 Å². The smallest absolute Gasteiger partial charge is 0.236 e. The minimum absolute atomic E-state index is 0.197. The fourth-order valence-corrected chi connectivity index (χ4v) is 4.43. The maximum Gasteiger partial charge on any atom is 0.236 e. The van der Waals surface area contributed by atoms with Crippen LogP contribution in [0.15, 0.2) is 28.2 Å². The van der Waals surface area contributed by atoms with Crippen LogP contribution in [0.3, 0.4) is 0 Å². The first-order valence-electron chi connectivity index (χ1n) is 7.55. The largest absolute Gasteiger partial charge is 0.443 e. The number of carbonyl (C=O) groups excluding carboxylic acids is 1. The topological polar surface area (TPSA) is 55.1 Å². The molecule has 0 unspecified atom stereocenters. The van der Waals surface area contributed by atoms with Gasteiger partial charge in [0.05, 0.1) is 17.1 Å². The number of aromatic nitrogens is 1. The number of hydrogen-bond acceptors (Lipinski definition) is 4. The molecule has 2 fully saturated rings. The van der Waals surface area contributed by atoms with E-state index in [1.54, 1.807) is 17.6 Å². The van der Waals surface area contributed by atoms with Crippen LogP contribution < -0.4 is 5.32 Å². The highest BCUT2D eigenvalue weighted by Gasteiger charge is 2.42. The maximum atomic E-state index is 12.3. The second-order valence-corrected chi connectivity index (χ2v) is 7.07. The third-order valence-electron chi connectivity index (χ3n) is 4.80. The minimum atomic E-state index is 0.197. The summed E-state index contributed by atoms with van der Waals surface area (Å²) in [6, 6.07) is 3.95. The van der Waals surface area contributed by atoms with E-state index in [1.807, 2.05) is 17.5 Å². The molecular weight excluding hydrogens is 284 g/mol. The molecule has 5 heteroatoms. The van der Waals surface area contributed by atoms with Crippen molar-refractivity contribution >= 4 is 17.2 Å². The standard InChI is InChI=1S/C16H18N2O2S/c19-15(13-7-10-3-4-11(13)6-10)17-8-12-9-20-16(18-12)14-2-1-5-21-14/h1-2,5,9-11,13H,3-4,6-8H2,(H,17,19)/t10-,11-,13+/m0/s1. The Labute approximate surface area is 127 Å². The number of carbonyl (C=O) groups is 1. The van der Waals surface area contributed by atoms with E-state index in [9.17, 15) is 4.79 Å². The van der Waals surface area contributed by atoms with Crippen LogP contribution in [-0.2, 0) is 11.3 Å². The molecule has 3 atom stereocenters. The van der Waals surface area contributed by atoms with E-state index in [1.165, 1.54) is 19.3 Å². The van der Waals surface area contributed by atoms with Crippen molar-refractivity contribution in [1.29, 1.82) is 0 Å². The van der Waals surface area contributed by atoms with Gasteiger partial charge in [-0.05, 0) is 42.5 Å². The van der Waals surface area contributed by atoms with Gasteiger partial charge in [-0.3, -0.25) is 4.79 Å². The van der Waals surface area contributed by atoms with E-state index in [-0.39, 0.29) is 11.8 Å². The van der Waals surface area contributed by atoms with Gasteiger partial charge < -0.3 is 9.73 Å². The molecule has 1 amide bonds. The Balaban J connectivity index is 1.35. The van der Waals surface area contributed by atoms with E-state index >= 15 is 0 Å². The third kappa shape index (κ3) is 2.50. The van der Waals surface area contributed by atoms with E-state index in [2.05, 4.69) is 10.3 Å². The summed E-state index contributed by atoms with van der Waals surface area (Å²) in [5.41, 5.74) is 0.787. The summed E-state index contributed by atoms with van der Waals surface area (Å²) in [6.07, 6.45) is 6.52. The molecule has 2 aromatic rings. The number of fused-ring (bicyclic) bond motifs is 2. The first-order valence-corrected chi connectivity index (χ1v) is 8.43. The molecule has 21 heavy (non-hydrogen) atoms. The highest BCUT2D eigenvalue weighted by molar-refractivity contribution is 7.13. The third-order valence-corrected chi connectivity index (χ3v) is 5.66. The zero-order valence-electron chi connectivity index (χ0n) is 11.7. The van der Waals surface area contributed by atoms with E-state index in [4.69, 9.17) is 4.42 Å². The average Bonchev–Trinajstić information content (AvgIpc) is 3.28. The number of amides is 1. The fraction of sp³-hybridized carbons (Fsp3) is 0.500. The molecule has 2 aliphatic rings. The Kier molecular flexibility index (Phi) is 3.30. The molecule has 0 spiro atoms. The second-order valence-electron chi connectivity index (χ2n) is 6.12. The SMILES string of the molecule is O=C(NCc1coc(-c2cccs2)n1)[C@@H]1C[C@H]2CC[C@H]1C2. The van der Waals surface area contributed by atoms with Crippen molar-refractivity contribution in [3.05, 3.63) is 29.5 Å². The number of hydrogen-bond donors (Lipinski definition) is 1. The maximum absolute atomic E-state index is 12.3. The zero-order valence-corrected chi connectivity index (χ0v) is 12.6. The fourth-order valence-electron chi connectivity index (χ4n) is 3.78. The van der Waals surface area contributed by atoms with Gasteiger partial charge in [-0.25, -0.2) is 4.98 Å². The Morgan fingerprint density at radius 1 is 1.43 bits per heavy atom. The number of oxazole rings is 1. The summed E-state index contributed by atoms with van der Waals surface area (Å²) in [5, 5.41) is 5.02. The van der Waals surface area contributed by atoms with Crippen LogP contribution in [-0.4, -0.2) is 10.9 Å². The van der Waals surface area contributed by atoms with Crippen molar-refractivity contribution in [2.24, 2.45) is 17.8 Å². The highest BCUT2D eigenvalue weighted by Crippen LogP contribution is 2.48. The molecule has 0 aliphatic heterocycles. The zero-order chi connectivity index (χ0) is 14.2. The van der Waals surface area contributed by atoms with Crippen LogP contribution in [0.4, 0.5) is 0 Å². The van der Waals surface area contributed by atoms with Crippen LogP contribution in [0.1, 0.15) is 31.4 Å². The molecule has 2 bridgehead atoms. The summed E-state index contributed by atoms with van der Waals surface area (Å²) in [7, 11) is 0. The summed E-state index contributed by atoms with van der Waals surface area (Å²) in [4.78, 5) is 17.7. The number of nitrogens with zero attached hydrogens (tertiary/aromatic N) is 1. The van der Waals surface area contributed by atoms with E-state index in [0.717, 1.165) is 22.9 Å². The van der Waals surface area contributed by atoms with Crippen molar-refractivity contribution in [3.63, 3.8) is 0 Å². The quantitative estimate of drug-likeness (QED) is 0.941. The summed E-state index contributed by atoms with van der Waals surface area (Å²) in [6.45, 7) is 0.460. The predicted octanol–water partition coefficient (Wildman–Crippen LogP) is 3.46. The lowest BCUT2D eigenvalue weighted by Crippen LogP contribution is -2.33. The molecule has 2 aliphatic carbocycles. The molecular formula is C16H18N2O2S. The summed E-state index contributed by atoms with van der Waals surface area (Å²) < 4.78 is 5.46. The number of thiophene rings is 1. The van der Waals surface area contributed by atoms with Gasteiger partial charge in [-0.2, -0.15) is 0 Å². The van der Waals surface area contributed by atoms with Gasteiger partial charge in [0.15, 0.2) is 0 Å². The van der Waals surface area contributed by atoms with Crippen molar-refractivity contribution in [2.75, 3.05) is 0 Å². The number of rotatable bonds is 4. The molecule has 2 saturated carbocycles. The average molecular weight is 302 g/mol. The molecule has 4 nitrogen and oxygen atoms in total. The summed E-state index contributed by atoms with van der Waals surface area (Å²) in [5.74, 6) is 2.47. The van der Waals surface area contributed by atoms with Gasteiger partial charge in [0, 0.05) is 5.92 Å². The minimum Gasteiger partial charge on any atom is -0.443 e. The van der Waals surface area contributed by atoms with Crippen molar-refractivity contribution in [3.8, 4) is 10.8 Å². The molecule has 2 aromatic heterocycles. The van der Waals surface area contributed by atoms with Gasteiger partial charge in [0.1, 0.15) is 6.26 Å². The van der Waals surface area contributed by atoms with Gasteiger partial charge in [-0.1, -0.05) is 12.5 Å². The molecule has 0 saturated heterocycles. The van der Waals surface area contributed by atoms with Crippen LogP contribution >= 0.6 is 11.3 Å². The Morgan fingerprint density at radius 3 is 3.10 bits per heavy atom. The first kappa shape index (κ1) is 13.1. The molecule has 0 radical (unpaired) electrons. The Hall–Kier alpha value is -1.62. The van der Waals surface area contributed by atoms with Crippen molar-refractivity contribution in [1.82, 2.24) is 10.3 Å². The van der Waals surface area contributed by atoms with Gasteiger partial charge in [-0.15, -0.1) is 11.3 Å². The molecule has 2 heterocycles. The van der Waals surface area contributed by atoms with Crippen molar-refractivity contribution < 1.29 is 9.21 Å². The van der Waals surface area contributed by atoms with Crippen LogP contribution in [0.5, 0.6) is 0 Å². The number of nitrogens with one attached hydrogen (secondary N) is 1. The van der Waals surface area contributed by atoms with E-state index < -0.39 is 0 Å². The van der Waals surface area contributed by atoms with Crippen LogP contribution in [0.25, 0.3) is 10.8 Å². The monoisotopic (exact) mass is 302 g/mol. The van der Waals surface area contributed by atoms with Crippen molar-refractivity contribution in [2.45, 2.75) is 32.2 Å². The lowest BCUT2D eigenvalue weighted by atomic mass is 9.88. The molecule has 4 rings (SSSR count). The Bertz CT molecular complexity index is 635. The second kappa shape index (κ2) is 5.30. The summed E-state index contributed by atoms with van der Waals surface area (Å²) >= 11 is 1.60. The lowest BCUT2D eigenvalue weighted by molar-refractivity contribution is -0.126. The first-order chi connectivity index (χ1) is 10.3. The molecule has 1 N–H and O–H groups in total. The van der Waals surface area contributed by atoms with E-state index in [0.29, 0.717) is 18.4 Å². The normalized spacial score (nSPS) is 27.1. The highest BCUT2D eigenvalue weighted by atomic mass is 32.1. The molecule has 0 aromatic carbocycles. The van der Waals surface area contributed by atoms with Gasteiger partial charge >= 0.3 is 0 Å². The lowest BCUT2D eigenvalue weighted by Gasteiger charge is -2.20. The van der Waals surface area contributed by atoms with Crippen LogP contribution in [0, 0.1) is 17.8 Å². The Morgan fingerprint density at radius 2 is 2.38 bits per heavy atom.